The molecule has 1 N–H and O–H groups in total. The monoisotopic (exact) mass is 255 g/mol. The lowest BCUT2D eigenvalue weighted by atomic mass is 9.98. The molecule has 1 saturated carbocycles. The van der Waals surface area contributed by atoms with Crippen molar-refractivity contribution in [1.29, 1.82) is 0 Å². The van der Waals surface area contributed by atoms with Gasteiger partial charge in [-0.1, -0.05) is 12.8 Å². The van der Waals surface area contributed by atoms with Gasteiger partial charge in [-0.25, -0.2) is 0 Å². The number of amides is 1. The predicted octanol–water partition coefficient (Wildman–Crippen LogP) is 1.27. The maximum Gasteiger partial charge on any atom is 0.308 e. The first-order valence-corrected chi connectivity index (χ1v) is 6.79. The second-order valence-electron chi connectivity index (χ2n) is 5.23. The molecule has 1 heterocycles. The molecule has 5 nitrogen and oxygen atoms in total. The summed E-state index contributed by atoms with van der Waals surface area (Å²) in [5.74, 6) is -1.27. The Bertz CT molecular complexity index is 312. The van der Waals surface area contributed by atoms with Crippen LogP contribution in [0.4, 0.5) is 0 Å². The summed E-state index contributed by atoms with van der Waals surface area (Å²) in [5, 5.41) is 8.97. The van der Waals surface area contributed by atoms with Gasteiger partial charge in [0.25, 0.3) is 0 Å². The summed E-state index contributed by atoms with van der Waals surface area (Å²) in [6.07, 6.45) is 6.13. The number of ether oxygens (including phenoxy) is 1. The summed E-state index contributed by atoms with van der Waals surface area (Å²) in [5.41, 5.74) is 0. The summed E-state index contributed by atoms with van der Waals surface area (Å²) in [6, 6.07) is 0. The second kappa shape index (κ2) is 6.18. The van der Waals surface area contributed by atoms with E-state index >= 15 is 0 Å². The lowest BCUT2D eigenvalue weighted by Crippen LogP contribution is -2.44. The van der Waals surface area contributed by atoms with Crippen molar-refractivity contribution in [3.8, 4) is 0 Å². The van der Waals surface area contributed by atoms with Crippen LogP contribution in [0.15, 0.2) is 0 Å². The van der Waals surface area contributed by atoms with Crippen LogP contribution in [-0.4, -0.2) is 47.7 Å². The number of carboxylic acid groups (broad SMARTS) is 1. The number of piperidine rings is 1. The molecule has 1 amide bonds. The van der Waals surface area contributed by atoms with Crippen molar-refractivity contribution in [1.82, 2.24) is 4.90 Å². The molecule has 2 rings (SSSR count). The van der Waals surface area contributed by atoms with Crippen molar-refractivity contribution in [3.63, 3.8) is 0 Å². The normalized spacial score (nSPS) is 25.3. The quantitative estimate of drug-likeness (QED) is 0.821. The van der Waals surface area contributed by atoms with Gasteiger partial charge in [0.1, 0.15) is 6.61 Å². The van der Waals surface area contributed by atoms with E-state index in [1.165, 1.54) is 12.8 Å². The van der Waals surface area contributed by atoms with Crippen LogP contribution in [0.25, 0.3) is 0 Å². The zero-order valence-electron chi connectivity index (χ0n) is 10.6. The highest BCUT2D eigenvalue weighted by Crippen LogP contribution is 2.21. The van der Waals surface area contributed by atoms with Gasteiger partial charge in [0.2, 0.25) is 5.91 Å². The number of aliphatic carboxylic acids is 1. The van der Waals surface area contributed by atoms with Crippen LogP contribution >= 0.6 is 0 Å². The van der Waals surface area contributed by atoms with E-state index in [-0.39, 0.29) is 18.6 Å². The standard InChI is InChI=1S/C13H21NO4/c15-12(9-18-11-5-1-2-6-11)14-7-3-4-10(8-14)13(16)17/h10-11H,1-9H2,(H,16,17). The van der Waals surface area contributed by atoms with Gasteiger partial charge in [0.05, 0.1) is 12.0 Å². The van der Waals surface area contributed by atoms with Crippen LogP contribution in [0.2, 0.25) is 0 Å². The number of hydrogen-bond acceptors (Lipinski definition) is 3. The molecule has 1 aliphatic carbocycles. The Morgan fingerprint density at radius 3 is 2.56 bits per heavy atom. The van der Waals surface area contributed by atoms with Gasteiger partial charge >= 0.3 is 5.97 Å². The van der Waals surface area contributed by atoms with Gasteiger partial charge in [-0.2, -0.15) is 0 Å². The van der Waals surface area contributed by atoms with Crippen LogP contribution in [0, 0.1) is 5.92 Å². The molecular weight excluding hydrogens is 234 g/mol. The molecule has 0 spiro atoms. The number of carboxylic acids is 1. The summed E-state index contributed by atoms with van der Waals surface area (Å²) in [4.78, 5) is 24.5. The van der Waals surface area contributed by atoms with Crippen LogP contribution in [0.3, 0.4) is 0 Å². The molecule has 2 aliphatic rings. The van der Waals surface area contributed by atoms with E-state index in [9.17, 15) is 9.59 Å². The van der Waals surface area contributed by atoms with E-state index in [1.54, 1.807) is 4.90 Å². The molecule has 0 bridgehead atoms. The third-order valence-corrected chi connectivity index (χ3v) is 3.87. The molecular formula is C13H21NO4. The zero-order valence-corrected chi connectivity index (χ0v) is 10.6. The smallest absolute Gasteiger partial charge is 0.308 e. The van der Waals surface area contributed by atoms with Crippen LogP contribution < -0.4 is 0 Å². The van der Waals surface area contributed by atoms with Gasteiger partial charge in [-0.15, -0.1) is 0 Å². The predicted molar refractivity (Wildman–Crippen MR) is 65.1 cm³/mol. The minimum Gasteiger partial charge on any atom is -0.481 e. The van der Waals surface area contributed by atoms with Crippen molar-refractivity contribution in [2.45, 2.75) is 44.6 Å². The Hall–Kier alpha value is -1.10. The summed E-state index contributed by atoms with van der Waals surface area (Å²) in [6.45, 7) is 1.11. The molecule has 1 saturated heterocycles. The van der Waals surface area contributed by atoms with Gasteiger partial charge in [0, 0.05) is 13.1 Å². The van der Waals surface area contributed by atoms with E-state index in [0.717, 1.165) is 19.3 Å². The minimum atomic E-state index is -0.802. The fraction of sp³-hybridized carbons (Fsp3) is 0.846. The molecule has 1 unspecified atom stereocenters. The Morgan fingerprint density at radius 2 is 1.89 bits per heavy atom. The Morgan fingerprint density at radius 1 is 1.17 bits per heavy atom. The van der Waals surface area contributed by atoms with Gasteiger partial charge in [0.15, 0.2) is 0 Å². The Balaban J connectivity index is 1.75. The molecule has 2 fully saturated rings. The van der Waals surface area contributed by atoms with Crippen LogP contribution in [0.5, 0.6) is 0 Å². The maximum absolute atomic E-state index is 11.9. The van der Waals surface area contributed by atoms with Crippen molar-refractivity contribution in [2.24, 2.45) is 5.92 Å². The third-order valence-electron chi connectivity index (χ3n) is 3.87. The van der Waals surface area contributed by atoms with Gasteiger partial charge < -0.3 is 14.7 Å². The first-order chi connectivity index (χ1) is 8.66. The molecule has 1 atom stereocenters. The van der Waals surface area contributed by atoms with Crippen LogP contribution in [0.1, 0.15) is 38.5 Å². The number of likely N-dealkylation sites (tertiary alicyclic amines) is 1. The molecule has 5 heteroatoms. The molecule has 1 aliphatic heterocycles. The average molecular weight is 255 g/mol. The van der Waals surface area contributed by atoms with E-state index in [0.29, 0.717) is 19.5 Å². The van der Waals surface area contributed by atoms with E-state index in [2.05, 4.69) is 0 Å². The SMILES string of the molecule is O=C(O)C1CCCN(C(=O)COC2CCCC2)C1. The summed E-state index contributed by atoms with van der Waals surface area (Å²) in [7, 11) is 0. The lowest BCUT2D eigenvalue weighted by molar-refractivity contribution is -0.147. The highest BCUT2D eigenvalue weighted by molar-refractivity contribution is 5.79. The number of rotatable bonds is 4. The average Bonchev–Trinajstić information content (AvgIpc) is 2.89. The fourth-order valence-corrected chi connectivity index (χ4v) is 2.74. The van der Waals surface area contributed by atoms with Crippen molar-refractivity contribution >= 4 is 11.9 Å². The van der Waals surface area contributed by atoms with E-state index < -0.39 is 11.9 Å². The second-order valence-corrected chi connectivity index (χ2v) is 5.23. The minimum absolute atomic E-state index is 0.0622. The topological polar surface area (TPSA) is 66.8 Å². The number of carbonyl (C=O) groups is 2. The molecule has 0 aromatic heterocycles. The number of carbonyl (C=O) groups excluding carboxylic acids is 1. The molecule has 0 aromatic rings. The fourth-order valence-electron chi connectivity index (χ4n) is 2.74. The zero-order chi connectivity index (χ0) is 13.0. The third kappa shape index (κ3) is 3.45. The number of nitrogens with zero attached hydrogens (tertiary/aromatic N) is 1. The Labute approximate surface area is 107 Å². The maximum atomic E-state index is 11.9. The first kappa shape index (κ1) is 13.3. The molecule has 0 aromatic carbocycles. The number of hydrogen-bond donors (Lipinski definition) is 1. The Kier molecular flexibility index (Phi) is 4.58. The van der Waals surface area contributed by atoms with E-state index in [4.69, 9.17) is 9.84 Å². The highest BCUT2D eigenvalue weighted by Gasteiger charge is 2.28. The largest absolute Gasteiger partial charge is 0.481 e. The van der Waals surface area contributed by atoms with Gasteiger partial charge in [-0.3, -0.25) is 9.59 Å². The first-order valence-electron chi connectivity index (χ1n) is 6.79. The van der Waals surface area contributed by atoms with Crippen molar-refractivity contribution in [2.75, 3.05) is 19.7 Å². The summed E-state index contributed by atoms with van der Waals surface area (Å²) >= 11 is 0. The van der Waals surface area contributed by atoms with Crippen LogP contribution in [-0.2, 0) is 14.3 Å². The highest BCUT2D eigenvalue weighted by atomic mass is 16.5. The van der Waals surface area contributed by atoms with Crippen molar-refractivity contribution < 1.29 is 19.4 Å². The molecule has 18 heavy (non-hydrogen) atoms. The van der Waals surface area contributed by atoms with Gasteiger partial charge in [-0.05, 0) is 25.7 Å². The van der Waals surface area contributed by atoms with E-state index in [1.807, 2.05) is 0 Å². The molecule has 0 radical (unpaired) electrons. The van der Waals surface area contributed by atoms with Crippen molar-refractivity contribution in [3.05, 3.63) is 0 Å². The molecule has 102 valence electrons. The summed E-state index contributed by atoms with van der Waals surface area (Å²) < 4.78 is 5.58. The lowest BCUT2D eigenvalue weighted by Gasteiger charge is -2.30.